The highest BCUT2D eigenvalue weighted by Gasteiger charge is 2.30. The highest BCUT2D eigenvalue weighted by atomic mass is 32.1. The van der Waals surface area contributed by atoms with Crippen molar-refractivity contribution in [1.29, 1.82) is 0 Å². The average molecular weight is 815 g/mol. The molecule has 1 N–H and O–H groups in total. The second-order valence-electron chi connectivity index (χ2n) is 16.4. The molecule has 0 bridgehead atoms. The number of nitrogens with one attached hydrogen (secondary N) is 1. The van der Waals surface area contributed by atoms with Crippen molar-refractivity contribution in [2.24, 2.45) is 9.98 Å². The third-order valence-corrected chi connectivity index (χ3v) is 14.1. The first-order valence-electron chi connectivity index (χ1n) is 21.1. The van der Waals surface area contributed by atoms with Crippen LogP contribution in [0.3, 0.4) is 0 Å². The van der Waals surface area contributed by atoms with Crippen molar-refractivity contribution in [3.63, 3.8) is 0 Å². The Labute approximate surface area is 358 Å². The molecule has 5 heterocycles. The molecule has 7 heteroatoms. The Hall–Kier alpha value is -7.74. The SMILES string of the molecule is C1=C(C2=NC(c3cccc4oc5ccccc5c34)NC(c3cc(-n4c5ccccc5c5cc6ccccc6cc54)c4c(c3)oc3ccccc34)=N2)c2c(sc3ccccc23)CC1. The highest BCUT2D eigenvalue weighted by molar-refractivity contribution is 7.19. The van der Waals surface area contributed by atoms with Gasteiger partial charge < -0.3 is 18.7 Å². The number of fused-ring (bicyclic) bond motifs is 13. The second kappa shape index (κ2) is 12.9. The van der Waals surface area contributed by atoms with E-state index in [1.165, 1.54) is 42.1 Å². The smallest absolute Gasteiger partial charge is 0.159 e. The molecule has 0 fully saturated rings. The minimum atomic E-state index is -0.465. The van der Waals surface area contributed by atoms with Gasteiger partial charge in [-0.1, -0.05) is 115 Å². The zero-order valence-electron chi connectivity index (χ0n) is 33.2. The van der Waals surface area contributed by atoms with E-state index in [9.17, 15) is 0 Å². The van der Waals surface area contributed by atoms with Gasteiger partial charge in [-0.25, -0.2) is 9.98 Å². The minimum absolute atomic E-state index is 0.465. The first-order chi connectivity index (χ1) is 30.7. The van der Waals surface area contributed by atoms with Gasteiger partial charge in [0.05, 0.1) is 22.1 Å². The molecule has 0 saturated heterocycles. The Kier molecular flexibility index (Phi) is 7.07. The van der Waals surface area contributed by atoms with Gasteiger partial charge in [0.25, 0.3) is 0 Å². The van der Waals surface area contributed by atoms with Gasteiger partial charge in [0.2, 0.25) is 0 Å². The summed E-state index contributed by atoms with van der Waals surface area (Å²) in [5, 5.41) is 14.2. The largest absolute Gasteiger partial charge is 0.456 e. The molecule has 0 amide bonds. The summed E-state index contributed by atoms with van der Waals surface area (Å²) >= 11 is 1.88. The molecule has 1 aliphatic carbocycles. The fraction of sp³-hybridized carbons (Fsp3) is 0.0545. The molecule has 6 nitrogen and oxygen atoms in total. The van der Waals surface area contributed by atoms with E-state index in [1.807, 2.05) is 35.6 Å². The van der Waals surface area contributed by atoms with Crippen molar-refractivity contribution in [3.8, 4) is 5.69 Å². The molecule has 0 saturated carbocycles. The van der Waals surface area contributed by atoms with Gasteiger partial charge in [-0.05, 0) is 78.2 Å². The third-order valence-electron chi connectivity index (χ3n) is 12.9. The van der Waals surface area contributed by atoms with E-state index in [2.05, 4.69) is 155 Å². The molecule has 4 aromatic heterocycles. The minimum Gasteiger partial charge on any atom is -0.456 e. The lowest BCUT2D eigenvalue weighted by molar-refractivity contribution is 0.662. The van der Waals surface area contributed by atoms with Crippen LogP contribution < -0.4 is 5.32 Å². The maximum absolute atomic E-state index is 6.80. The van der Waals surface area contributed by atoms with Crippen molar-refractivity contribution >= 4 is 115 Å². The van der Waals surface area contributed by atoms with Crippen LogP contribution in [-0.4, -0.2) is 16.2 Å². The van der Waals surface area contributed by atoms with Crippen LogP contribution in [0.2, 0.25) is 0 Å². The molecular weight excluding hydrogens is 781 g/mol. The summed E-state index contributed by atoms with van der Waals surface area (Å²) in [5.74, 6) is 1.44. The van der Waals surface area contributed by atoms with E-state index in [0.717, 1.165) is 96.0 Å². The summed E-state index contributed by atoms with van der Waals surface area (Å²) in [6, 6.07) is 58.1. The molecule has 1 aliphatic heterocycles. The van der Waals surface area contributed by atoms with E-state index in [1.54, 1.807) is 0 Å². The Morgan fingerprint density at radius 1 is 0.581 bits per heavy atom. The molecule has 62 heavy (non-hydrogen) atoms. The van der Waals surface area contributed by atoms with Gasteiger partial charge in [0, 0.05) is 64.2 Å². The van der Waals surface area contributed by atoms with Gasteiger partial charge in [-0.3, -0.25) is 0 Å². The number of aryl methyl sites for hydroxylation is 1. The number of aliphatic imine (C=N–C) groups is 2. The Bertz CT molecular complexity index is 3990. The number of thiophene rings is 1. The molecule has 1 atom stereocenters. The first kappa shape index (κ1) is 34.0. The maximum Gasteiger partial charge on any atom is 0.159 e. The molecule has 0 spiro atoms. The normalized spacial score (nSPS) is 15.5. The van der Waals surface area contributed by atoms with Gasteiger partial charge in [0.1, 0.15) is 34.3 Å². The molecule has 14 rings (SSSR count). The number of aromatic nitrogens is 1. The van der Waals surface area contributed by atoms with E-state index in [-0.39, 0.29) is 0 Å². The van der Waals surface area contributed by atoms with Crippen molar-refractivity contribution in [2.45, 2.75) is 19.0 Å². The number of amidine groups is 2. The van der Waals surface area contributed by atoms with E-state index >= 15 is 0 Å². The summed E-state index contributed by atoms with van der Waals surface area (Å²) in [7, 11) is 0. The van der Waals surface area contributed by atoms with Gasteiger partial charge in [-0.2, -0.15) is 0 Å². The lowest BCUT2D eigenvalue weighted by atomic mass is 9.93. The van der Waals surface area contributed by atoms with Crippen molar-refractivity contribution in [1.82, 2.24) is 9.88 Å². The highest BCUT2D eigenvalue weighted by Crippen LogP contribution is 2.44. The van der Waals surface area contributed by atoms with Gasteiger partial charge in [0.15, 0.2) is 5.84 Å². The predicted molar refractivity (Wildman–Crippen MR) is 257 cm³/mol. The van der Waals surface area contributed by atoms with Crippen LogP contribution in [-0.2, 0) is 6.42 Å². The number of para-hydroxylation sites is 3. The zero-order chi connectivity index (χ0) is 40.5. The van der Waals surface area contributed by atoms with Crippen molar-refractivity contribution in [3.05, 3.63) is 191 Å². The Morgan fingerprint density at radius 3 is 2.13 bits per heavy atom. The van der Waals surface area contributed by atoms with Crippen LogP contribution in [0.5, 0.6) is 0 Å². The number of allylic oxidation sites excluding steroid dienone is 1. The van der Waals surface area contributed by atoms with Crippen LogP contribution in [0.15, 0.2) is 189 Å². The van der Waals surface area contributed by atoms with Crippen LogP contribution in [0.25, 0.3) is 97.8 Å². The monoisotopic (exact) mass is 814 g/mol. The molecule has 2 aliphatic rings. The lowest BCUT2D eigenvalue weighted by Crippen LogP contribution is -2.34. The summed E-state index contributed by atoms with van der Waals surface area (Å²) in [6.07, 6.45) is 3.81. The molecule has 12 aromatic rings. The summed E-state index contributed by atoms with van der Waals surface area (Å²) in [5.41, 5.74) is 10.9. The third kappa shape index (κ3) is 4.91. The van der Waals surface area contributed by atoms with Crippen LogP contribution >= 0.6 is 11.3 Å². The van der Waals surface area contributed by atoms with Crippen molar-refractivity contribution < 1.29 is 8.83 Å². The van der Waals surface area contributed by atoms with E-state index in [0.29, 0.717) is 5.84 Å². The number of benzene rings is 8. The maximum atomic E-state index is 6.80. The molecular formula is C55H34N4O2S. The van der Waals surface area contributed by atoms with Crippen LogP contribution in [0.4, 0.5) is 0 Å². The molecule has 292 valence electrons. The zero-order valence-corrected chi connectivity index (χ0v) is 34.0. The summed E-state index contributed by atoms with van der Waals surface area (Å²) in [6.45, 7) is 0. The van der Waals surface area contributed by atoms with E-state index in [4.69, 9.17) is 18.8 Å². The first-order valence-corrected chi connectivity index (χ1v) is 22.0. The number of hydrogen-bond donors (Lipinski definition) is 1. The topological polar surface area (TPSA) is 68.0 Å². The fourth-order valence-electron chi connectivity index (χ4n) is 10.2. The Balaban J connectivity index is 1.05. The standard InChI is InChI=1S/C55H34N4O2S/c1-2-14-32-28-42-40(27-31(32)13-1)34-15-3-7-21-41(34)59(42)43-29-33(30-47-52(43)36-17-5-9-23-45(36)61-47)53-56-54(38-19-11-24-46-50(38)35-16-4-8-22-44(35)60-46)58-55(57-53)39-20-12-26-49-51(39)37-18-6-10-25-48(37)62-49/h1-11,13-25,27-30,54H,12,26H2,(H,56,57,58). The van der Waals surface area contributed by atoms with Gasteiger partial charge in [-0.15, -0.1) is 11.3 Å². The predicted octanol–water partition coefficient (Wildman–Crippen LogP) is 14.4. The number of rotatable bonds is 4. The Morgan fingerprint density at radius 2 is 1.27 bits per heavy atom. The summed E-state index contributed by atoms with van der Waals surface area (Å²) in [4.78, 5) is 12.5. The number of hydrogen-bond acceptors (Lipinski definition) is 6. The molecule has 1 unspecified atom stereocenters. The summed E-state index contributed by atoms with van der Waals surface area (Å²) < 4.78 is 16.9. The number of furan rings is 2. The van der Waals surface area contributed by atoms with Gasteiger partial charge >= 0.3 is 0 Å². The lowest BCUT2D eigenvalue weighted by Gasteiger charge is -2.26. The second-order valence-corrected chi connectivity index (χ2v) is 17.5. The van der Waals surface area contributed by atoms with Crippen LogP contribution in [0, 0.1) is 0 Å². The molecule has 0 radical (unpaired) electrons. The fourth-order valence-corrected chi connectivity index (χ4v) is 11.4. The quantitative estimate of drug-likeness (QED) is 0.192. The van der Waals surface area contributed by atoms with Crippen LogP contribution in [0.1, 0.15) is 34.2 Å². The van der Waals surface area contributed by atoms with E-state index < -0.39 is 6.17 Å². The number of nitrogens with zero attached hydrogens (tertiary/aromatic N) is 3. The average Bonchev–Trinajstić information content (AvgIpc) is 4.09. The molecule has 8 aromatic carbocycles. The van der Waals surface area contributed by atoms with Crippen molar-refractivity contribution in [2.75, 3.05) is 0 Å².